The topological polar surface area (TPSA) is 7.76 Å². The fourth-order valence-electron chi connectivity index (χ4n) is 1.39. The molecule has 2 heterocycles. The first-order valence-electron chi connectivity index (χ1n) is 4.67. The smallest absolute Gasteiger partial charge is 0.169 e. The third kappa shape index (κ3) is 1.79. The Bertz CT molecular complexity index is 372. The molecule has 0 spiro atoms. The van der Waals surface area contributed by atoms with Crippen LogP contribution in [0.2, 0.25) is 0 Å². The van der Waals surface area contributed by atoms with Gasteiger partial charge in [-0.3, -0.25) is 0 Å². The summed E-state index contributed by atoms with van der Waals surface area (Å²) in [7, 11) is 4.05. The van der Waals surface area contributed by atoms with E-state index in [1.807, 2.05) is 23.2 Å². The fourth-order valence-corrected chi connectivity index (χ4v) is 1.39. The highest BCUT2D eigenvalue weighted by atomic mass is 14.9. The highest BCUT2D eigenvalue weighted by Crippen LogP contribution is 2.14. The van der Waals surface area contributed by atoms with Crippen LogP contribution in [-0.2, 0) is 14.1 Å². The minimum Gasteiger partial charge on any atom is -0.208 e. The molecule has 2 aromatic heterocycles. The summed E-state index contributed by atoms with van der Waals surface area (Å²) in [4.78, 5) is 0. The van der Waals surface area contributed by atoms with Crippen LogP contribution in [0.15, 0.2) is 49.1 Å². The van der Waals surface area contributed by atoms with Crippen LogP contribution < -0.4 is 9.13 Å². The summed E-state index contributed by atoms with van der Waals surface area (Å²) in [6, 6.07) is 8.48. The summed E-state index contributed by atoms with van der Waals surface area (Å²) in [6.07, 6.45) is 8.23. The van der Waals surface area contributed by atoms with Gasteiger partial charge in [-0.15, -0.1) is 0 Å². The molecule has 14 heavy (non-hydrogen) atoms. The number of aryl methyl sites for hydroxylation is 2. The van der Waals surface area contributed by atoms with Gasteiger partial charge in [-0.25, -0.2) is 9.13 Å². The van der Waals surface area contributed by atoms with Crippen LogP contribution in [0.3, 0.4) is 0 Å². The lowest BCUT2D eigenvalue weighted by Gasteiger charge is -1.97. The molecule has 2 heteroatoms. The average Bonchev–Trinajstić information content (AvgIpc) is 2.21. The Kier molecular flexibility index (Phi) is 2.27. The van der Waals surface area contributed by atoms with E-state index in [2.05, 4.69) is 49.1 Å². The Morgan fingerprint density at radius 3 is 1.21 bits per heavy atom. The monoisotopic (exact) mass is 185 g/mol. The number of nitrogens with zero attached hydrogens (tertiary/aromatic N) is 2. The standard InChI is InChI=1S/C12H14N2/c1-13-7-3-11(4-8-13)12-5-9-14(2)10-6-12/h3-10H,1-2H3/q+2/i1-1. The molecule has 2 nitrogen and oxygen atoms in total. The van der Waals surface area contributed by atoms with Crippen molar-refractivity contribution in [3.8, 4) is 11.1 Å². The number of pyridine rings is 2. The van der Waals surface area contributed by atoms with E-state index in [1.165, 1.54) is 11.1 Å². The van der Waals surface area contributed by atoms with Gasteiger partial charge < -0.3 is 0 Å². The van der Waals surface area contributed by atoms with Crippen molar-refractivity contribution in [1.82, 2.24) is 0 Å². The van der Waals surface area contributed by atoms with Gasteiger partial charge >= 0.3 is 0 Å². The van der Waals surface area contributed by atoms with Crippen molar-refractivity contribution < 1.29 is 9.13 Å². The fraction of sp³-hybridized carbons (Fsp3) is 0.167. The number of rotatable bonds is 1. The maximum atomic E-state index is 2.12. The second-order valence-corrected chi connectivity index (χ2v) is 3.50. The summed E-state index contributed by atoms with van der Waals surface area (Å²) in [6.45, 7) is 0. The van der Waals surface area contributed by atoms with Crippen LogP contribution in [0.25, 0.3) is 11.1 Å². The molecule has 0 radical (unpaired) electrons. The first-order chi connectivity index (χ1) is 6.75. The van der Waals surface area contributed by atoms with E-state index >= 15 is 0 Å². The molecular weight excluding hydrogens is 171 g/mol. The second-order valence-electron chi connectivity index (χ2n) is 3.50. The van der Waals surface area contributed by atoms with Crippen molar-refractivity contribution in [2.75, 3.05) is 0 Å². The van der Waals surface area contributed by atoms with E-state index in [4.69, 9.17) is 0 Å². The highest BCUT2D eigenvalue weighted by Gasteiger charge is 2.00. The molecule has 0 aliphatic rings. The molecule has 0 fully saturated rings. The molecule has 0 saturated carbocycles. The molecule has 70 valence electrons. The van der Waals surface area contributed by atoms with Crippen molar-refractivity contribution in [2.45, 2.75) is 0 Å². The number of aromatic nitrogens is 2. The van der Waals surface area contributed by atoms with Crippen molar-refractivity contribution in [1.29, 1.82) is 0 Å². The van der Waals surface area contributed by atoms with Gasteiger partial charge in [0.2, 0.25) is 0 Å². The molecule has 0 N–H and O–H groups in total. The van der Waals surface area contributed by atoms with E-state index in [-0.39, 0.29) is 0 Å². The normalized spacial score (nSPS) is 10.1. The molecule has 0 saturated heterocycles. The van der Waals surface area contributed by atoms with Gasteiger partial charge in [-0.05, 0) is 11.1 Å². The maximum absolute atomic E-state index is 2.12. The van der Waals surface area contributed by atoms with Crippen molar-refractivity contribution in [2.24, 2.45) is 14.1 Å². The molecule has 0 atom stereocenters. The van der Waals surface area contributed by atoms with Crippen molar-refractivity contribution in [3.05, 3.63) is 49.1 Å². The lowest BCUT2D eigenvalue weighted by Crippen LogP contribution is -2.26. The lowest BCUT2D eigenvalue weighted by atomic mass is 10.1. The van der Waals surface area contributed by atoms with Crippen LogP contribution in [0, 0.1) is 0 Å². The zero-order valence-electron chi connectivity index (χ0n) is 8.51. The van der Waals surface area contributed by atoms with Gasteiger partial charge in [-0.2, -0.15) is 0 Å². The minimum absolute atomic E-state index is 1.25. The summed E-state index contributed by atoms with van der Waals surface area (Å²) in [5.41, 5.74) is 2.51. The van der Waals surface area contributed by atoms with Crippen molar-refractivity contribution >= 4 is 0 Å². The van der Waals surface area contributed by atoms with Gasteiger partial charge in [0.15, 0.2) is 24.8 Å². The Morgan fingerprint density at radius 1 is 0.643 bits per heavy atom. The average molecular weight is 185 g/mol. The van der Waals surface area contributed by atoms with Gasteiger partial charge in [0.1, 0.15) is 14.1 Å². The molecule has 2 rings (SSSR count). The zero-order valence-corrected chi connectivity index (χ0v) is 8.51. The van der Waals surface area contributed by atoms with Gasteiger partial charge in [0.25, 0.3) is 0 Å². The Hall–Kier alpha value is -1.70. The number of hydrogen-bond acceptors (Lipinski definition) is 0. The summed E-state index contributed by atoms with van der Waals surface area (Å²) in [5, 5.41) is 0. The first-order valence-corrected chi connectivity index (χ1v) is 4.67. The molecule has 2 aromatic rings. The van der Waals surface area contributed by atoms with Crippen LogP contribution in [0.1, 0.15) is 0 Å². The van der Waals surface area contributed by atoms with Crippen molar-refractivity contribution in [3.63, 3.8) is 0 Å². The van der Waals surface area contributed by atoms with Crippen LogP contribution >= 0.6 is 0 Å². The maximum Gasteiger partial charge on any atom is 0.169 e. The lowest BCUT2D eigenvalue weighted by molar-refractivity contribution is -0.671. The Labute approximate surface area is 84.1 Å². The largest absolute Gasteiger partial charge is 0.208 e. The van der Waals surface area contributed by atoms with E-state index < -0.39 is 0 Å². The summed E-state index contributed by atoms with van der Waals surface area (Å²) in [5.74, 6) is 0. The third-order valence-electron chi connectivity index (χ3n) is 2.29. The molecular formula is C12H14N2+2. The zero-order chi connectivity index (χ0) is 9.97. The summed E-state index contributed by atoms with van der Waals surface area (Å²) >= 11 is 0. The van der Waals surface area contributed by atoms with E-state index in [0.29, 0.717) is 0 Å². The van der Waals surface area contributed by atoms with Crippen LogP contribution in [-0.4, -0.2) is 0 Å². The van der Waals surface area contributed by atoms with Crippen LogP contribution in [0.5, 0.6) is 0 Å². The Morgan fingerprint density at radius 2 is 0.929 bits per heavy atom. The highest BCUT2D eigenvalue weighted by molar-refractivity contribution is 5.60. The Balaban J connectivity index is 2.40. The van der Waals surface area contributed by atoms with E-state index in [1.54, 1.807) is 0 Å². The SMILES string of the molecule is C[n+]1ccc(-c2cc[n+]([11CH3])cc2)cc1. The number of hydrogen-bond donors (Lipinski definition) is 0. The van der Waals surface area contributed by atoms with Gasteiger partial charge in [0, 0.05) is 24.3 Å². The molecule has 0 aliphatic carbocycles. The quantitative estimate of drug-likeness (QED) is 0.586. The predicted molar refractivity (Wildman–Crippen MR) is 54.2 cm³/mol. The van der Waals surface area contributed by atoms with E-state index in [0.717, 1.165) is 0 Å². The predicted octanol–water partition coefficient (Wildman–Crippen LogP) is 1.00. The molecule has 0 aromatic carbocycles. The van der Waals surface area contributed by atoms with Gasteiger partial charge in [-0.1, -0.05) is 0 Å². The van der Waals surface area contributed by atoms with Crippen LogP contribution in [0.4, 0.5) is 0 Å². The third-order valence-corrected chi connectivity index (χ3v) is 2.29. The molecule has 0 aliphatic heterocycles. The minimum atomic E-state index is 1.25. The van der Waals surface area contributed by atoms with Gasteiger partial charge in [0.05, 0.1) is 0 Å². The first kappa shape index (κ1) is 8.88. The second kappa shape index (κ2) is 3.58. The molecule has 0 bridgehead atoms. The molecule has 0 amide bonds. The summed E-state index contributed by atoms with van der Waals surface area (Å²) < 4.78 is 4.07. The molecule has 0 unspecified atom stereocenters. The van der Waals surface area contributed by atoms with E-state index in [9.17, 15) is 0 Å².